The van der Waals surface area contributed by atoms with Gasteiger partial charge >= 0.3 is 6.03 Å². The fourth-order valence-electron chi connectivity index (χ4n) is 4.55. The summed E-state index contributed by atoms with van der Waals surface area (Å²) in [7, 11) is -3.27. The Balaban J connectivity index is 1.24. The number of anilines is 1. The molecule has 0 radical (unpaired) electrons. The monoisotopic (exact) mass is 441 g/mol. The molecule has 1 saturated carbocycles. The highest BCUT2D eigenvalue weighted by molar-refractivity contribution is 7.92. The highest BCUT2D eigenvalue weighted by atomic mass is 32.2. The molecule has 1 aliphatic heterocycles. The van der Waals surface area contributed by atoms with Crippen LogP contribution in [0.4, 0.5) is 10.5 Å². The fourth-order valence-corrected chi connectivity index (χ4v) is 6.40. The molecule has 1 heterocycles. The minimum Gasteiger partial charge on any atom is -0.335 e. The van der Waals surface area contributed by atoms with Gasteiger partial charge in [-0.05, 0) is 55.5 Å². The third-order valence-electron chi connectivity index (χ3n) is 6.35. The van der Waals surface area contributed by atoms with Gasteiger partial charge < -0.3 is 10.6 Å². The van der Waals surface area contributed by atoms with Gasteiger partial charge in [0.15, 0.2) is 9.84 Å². The van der Waals surface area contributed by atoms with Crippen LogP contribution in [0.1, 0.15) is 44.1 Å². The first-order valence-electron chi connectivity index (χ1n) is 11.2. The minimum absolute atomic E-state index is 0.147. The molecule has 2 aliphatic rings. The highest BCUT2D eigenvalue weighted by Gasteiger charge is 2.30. The smallest absolute Gasteiger partial charge is 0.319 e. The van der Waals surface area contributed by atoms with E-state index >= 15 is 0 Å². The van der Waals surface area contributed by atoms with Crippen molar-refractivity contribution in [1.82, 2.24) is 10.2 Å². The van der Waals surface area contributed by atoms with E-state index in [0.29, 0.717) is 10.6 Å². The zero-order valence-electron chi connectivity index (χ0n) is 17.8. The van der Waals surface area contributed by atoms with Gasteiger partial charge in [0, 0.05) is 31.4 Å². The summed E-state index contributed by atoms with van der Waals surface area (Å²) in [6.45, 7) is 2.84. The van der Waals surface area contributed by atoms with Crippen LogP contribution < -0.4 is 10.6 Å². The van der Waals surface area contributed by atoms with E-state index in [2.05, 4.69) is 39.8 Å². The molecule has 166 valence electrons. The number of carbonyl (C=O) groups is 1. The standard InChI is InChI=1S/C24H31N3O3S/c28-24(26-21-14-16-27(17-15-21)18-19-6-2-1-3-7-19)25-20-10-12-23(13-11-20)31(29,30)22-8-4-5-9-22/h1-3,6-7,10-13,21-22H,4-5,8-9,14-18H2,(H2,25,26,28). The van der Waals surface area contributed by atoms with Crippen molar-refractivity contribution in [3.8, 4) is 0 Å². The van der Waals surface area contributed by atoms with Crippen molar-refractivity contribution in [2.24, 2.45) is 0 Å². The highest BCUT2D eigenvalue weighted by Crippen LogP contribution is 2.30. The summed E-state index contributed by atoms with van der Waals surface area (Å²) in [5.41, 5.74) is 1.91. The third kappa shape index (κ3) is 5.66. The number of sulfone groups is 1. The number of hydrogen-bond donors (Lipinski definition) is 2. The third-order valence-corrected chi connectivity index (χ3v) is 8.63. The van der Waals surface area contributed by atoms with Crippen molar-refractivity contribution in [3.05, 3.63) is 60.2 Å². The molecule has 2 N–H and O–H groups in total. The number of urea groups is 1. The lowest BCUT2D eigenvalue weighted by Gasteiger charge is -2.32. The molecule has 0 spiro atoms. The van der Waals surface area contributed by atoms with Crippen molar-refractivity contribution in [3.63, 3.8) is 0 Å². The van der Waals surface area contributed by atoms with Crippen LogP contribution in [0.15, 0.2) is 59.5 Å². The zero-order chi connectivity index (χ0) is 21.7. The molecule has 0 atom stereocenters. The van der Waals surface area contributed by atoms with Gasteiger partial charge in [-0.3, -0.25) is 4.90 Å². The SMILES string of the molecule is O=C(Nc1ccc(S(=O)(=O)C2CCCC2)cc1)NC1CCN(Cc2ccccc2)CC1. The Morgan fingerprint density at radius 2 is 1.55 bits per heavy atom. The maximum Gasteiger partial charge on any atom is 0.319 e. The first kappa shape index (κ1) is 21.8. The maximum absolute atomic E-state index is 12.7. The van der Waals surface area contributed by atoms with Crippen LogP contribution in [0.3, 0.4) is 0 Å². The molecular formula is C24H31N3O3S. The van der Waals surface area contributed by atoms with Gasteiger partial charge in [0.05, 0.1) is 10.1 Å². The lowest BCUT2D eigenvalue weighted by Crippen LogP contribution is -2.45. The van der Waals surface area contributed by atoms with Gasteiger partial charge in [-0.25, -0.2) is 13.2 Å². The molecule has 0 aromatic heterocycles. The second kappa shape index (κ2) is 9.83. The number of nitrogens with one attached hydrogen (secondary N) is 2. The van der Waals surface area contributed by atoms with E-state index in [1.165, 1.54) is 5.56 Å². The summed E-state index contributed by atoms with van der Waals surface area (Å²) in [5, 5.41) is 5.61. The topological polar surface area (TPSA) is 78.5 Å². The molecule has 6 nitrogen and oxygen atoms in total. The van der Waals surface area contributed by atoms with Crippen LogP contribution in [0.2, 0.25) is 0 Å². The predicted octanol–water partition coefficient (Wildman–Crippen LogP) is 4.19. The predicted molar refractivity (Wildman–Crippen MR) is 123 cm³/mol. The largest absolute Gasteiger partial charge is 0.335 e. The van der Waals surface area contributed by atoms with Crippen molar-refractivity contribution >= 4 is 21.6 Å². The van der Waals surface area contributed by atoms with Crippen LogP contribution in [-0.2, 0) is 16.4 Å². The van der Waals surface area contributed by atoms with Crippen molar-refractivity contribution in [2.75, 3.05) is 18.4 Å². The molecule has 0 bridgehead atoms. The average molecular weight is 442 g/mol. The van der Waals surface area contributed by atoms with Gasteiger partial charge in [0.2, 0.25) is 0 Å². The van der Waals surface area contributed by atoms with E-state index in [1.807, 2.05) is 6.07 Å². The quantitative estimate of drug-likeness (QED) is 0.705. The minimum atomic E-state index is -3.27. The van der Waals surface area contributed by atoms with Gasteiger partial charge in [-0.15, -0.1) is 0 Å². The summed E-state index contributed by atoms with van der Waals surface area (Å²) < 4.78 is 25.3. The van der Waals surface area contributed by atoms with Gasteiger partial charge in [-0.2, -0.15) is 0 Å². The molecule has 2 amide bonds. The van der Waals surface area contributed by atoms with Crippen LogP contribution >= 0.6 is 0 Å². The molecule has 4 rings (SSSR count). The lowest BCUT2D eigenvalue weighted by atomic mass is 10.0. The molecule has 7 heteroatoms. The number of likely N-dealkylation sites (tertiary alicyclic amines) is 1. The van der Waals surface area contributed by atoms with Gasteiger partial charge in [-0.1, -0.05) is 43.2 Å². The molecule has 2 aromatic rings. The Hall–Kier alpha value is -2.38. The number of carbonyl (C=O) groups excluding carboxylic acids is 1. The van der Waals surface area contributed by atoms with Crippen molar-refractivity contribution in [1.29, 1.82) is 0 Å². The van der Waals surface area contributed by atoms with Gasteiger partial charge in [0.25, 0.3) is 0 Å². The average Bonchev–Trinajstić information content (AvgIpc) is 3.32. The Kier molecular flexibility index (Phi) is 6.92. The first-order chi connectivity index (χ1) is 15.0. The zero-order valence-corrected chi connectivity index (χ0v) is 18.6. The summed E-state index contributed by atoms with van der Waals surface area (Å²) in [4.78, 5) is 15.1. The molecule has 1 aliphatic carbocycles. The van der Waals surface area contributed by atoms with Crippen molar-refractivity contribution < 1.29 is 13.2 Å². The summed E-state index contributed by atoms with van der Waals surface area (Å²) in [6.07, 6.45) is 5.28. The van der Waals surface area contributed by atoms with E-state index in [1.54, 1.807) is 24.3 Å². The Labute approximate surface area is 185 Å². The van der Waals surface area contributed by atoms with Crippen LogP contribution in [0.5, 0.6) is 0 Å². The summed E-state index contributed by atoms with van der Waals surface area (Å²) >= 11 is 0. The summed E-state index contributed by atoms with van der Waals surface area (Å²) in [5.74, 6) is 0. The van der Waals surface area contributed by atoms with Crippen LogP contribution in [0.25, 0.3) is 0 Å². The van der Waals surface area contributed by atoms with Crippen LogP contribution in [0, 0.1) is 0 Å². The molecule has 2 fully saturated rings. The molecule has 2 aromatic carbocycles. The number of benzene rings is 2. The van der Waals surface area contributed by atoms with E-state index in [9.17, 15) is 13.2 Å². The second-order valence-corrected chi connectivity index (χ2v) is 10.8. The number of amides is 2. The fraction of sp³-hybridized carbons (Fsp3) is 0.458. The van der Waals surface area contributed by atoms with E-state index in [4.69, 9.17) is 0 Å². The number of nitrogens with zero attached hydrogens (tertiary/aromatic N) is 1. The van der Waals surface area contributed by atoms with Gasteiger partial charge in [0.1, 0.15) is 0 Å². The second-order valence-electron chi connectivity index (χ2n) is 8.61. The van der Waals surface area contributed by atoms with Crippen molar-refractivity contribution in [2.45, 2.75) is 61.3 Å². The summed E-state index contributed by atoms with van der Waals surface area (Å²) in [6, 6.07) is 16.9. The van der Waals surface area contributed by atoms with Crippen LogP contribution in [-0.4, -0.2) is 43.7 Å². The lowest BCUT2D eigenvalue weighted by molar-refractivity contribution is 0.190. The van der Waals surface area contributed by atoms with E-state index in [0.717, 1.165) is 58.2 Å². The molecular weight excluding hydrogens is 410 g/mol. The number of hydrogen-bond acceptors (Lipinski definition) is 4. The first-order valence-corrected chi connectivity index (χ1v) is 12.7. The van der Waals surface area contributed by atoms with E-state index in [-0.39, 0.29) is 17.3 Å². The maximum atomic E-state index is 12.7. The molecule has 31 heavy (non-hydrogen) atoms. The number of rotatable bonds is 6. The normalized spacial score (nSPS) is 18.7. The molecule has 0 unspecified atom stereocenters. The number of piperidine rings is 1. The Morgan fingerprint density at radius 3 is 2.19 bits per heavy atom. The molecule has 1 saturated heterocycles. The Bertz CT molecular complexity index is 963. The van der Waals surface area contributed by atoms with E-state index < -0.39 is 9.84 Å². The Morgan fingerprint density at radius 1 is 0.903 bits per heavy atom.